The van der Waals surface area contributed by atoms with Gasteiger partial charge in [0.2, 0.25) is 0 Å². The van der Waals surface area contributed by atoms with Gasteiger partial charge in [-0.1, -0.05) is 67.5 Å². The van der Waals surface area contributed by atoms with Crippen LogP contribution in [-0.4, -0.2) is 57.3 Å². The molecular weight excluding hydrogens is 677 g/mol. The summed E-state index contributed by atoms with van der Waals surface area (Å²) >= 11 is -0.131. The lowest BCUT2D eigenvalue weighted by Gasteiger charge is -2.32. The minimum atomic E-state index is -1.22. The predicted molar refractivity (Wildman–Crippen MR) is 198 cm³/mol. The molecule has 8 nitrogen and oxygen atoms in total. The van der Waals surface area contributed by atoms with E-state index in [4.69, 9.17) is 9.73 Å². The van der Waals surface area contributed by atoms with Crippen LogP contribution in [0.2, 0.25) is 0 Å². The Morgan fingerprint density at radius 2 is 1.96 bits per heavy atom. The number of benzene rings is 2. The van der Waals surface area contributed by atoms with Crippen LogP contribution in [0.4, 0.5) is 8.78 Å². The van der Waals surface area contributed by atoms with E-state index in [9.17, 15) is 14.8 Å². The number of hydrogen-bond acceptors (Lipinski definition) is 7. The molecule has 0 saturated heterocycles. The summed E-state index contributed by atoms with van der Waals surface area (Å²) in [5.41, 5.74) is 1.93. The minimum absolute atomic E-state index is 0.0984. The molecule has 0 radical (unpaired) electrons. The number of carbonyl (C=O) groups is 1. The second-order valence-electron chi connectivity index (χ2n) is 13.6. The lowest BCUT2D eigenvalue weighted by atomic mass is 9.75. The smallest absolute Gasteiger partial charge is 0.306 e. The molecule has 2 bridgehead atoms. The first kappa shape index (κ1) is 37.5. The number of amidine groups is 2. The zero-order valence-corrected chi connectivity index (χ0v) is 30.9. The number of rotatable bonds is 5. The van der Waals surface area contributed by atoms with Crippen LogP contribution in [0.25, 0.3) is 10.9 Å². The lowest BCUT2D eigenvalue weighted by molar-refractivity contribution is -0.143. The van der Waals surface area contributed by atoms with Gasteiger partial charge >= 0.3 is 5.97 Å². The molecule has 5 rings (SSSR count). The first-order chi connectivity index (χ1) is 23.8. The number of fused-ring (bicyclic) bond motifs is 5. The van der Waals surface area contributed by atoms with E-state index < -0.39 is 28.2 Å². The zero-order valence-electron chi connectivity index (χ0n) is 29.3. The summed E-state index contributed by atoms with van der Waals surface area (Å²) < 4.78 is 49.7. The van der Waals surface area contributed by atoms with Crippen LogP contribution in [-0.2, 0) is 39.0 Å². The fourth-order valence-electron chi connectivity index (χ4n) is 6.49. The van der Waals surface area contributed by atoms with E-state index in [0.717, 1.165) is 35.7 Å². The van der Waals surface area contributed by atoms with E-state index in [2.05, 4.69) is 29.1 Å². The van der Waals surface area contributed by atoms with Gasteiger partial charge in [0, 0.05) is 48.0 Å². The van der Waals surface area contributed by atoms with Crippen molar-refractivity contribution in [3.05, 3.63) is 88.9 Å². The molecule has 50 heavy (non-hydrogen) atoms. The quantitative estimate of drug-likeness (QED) is 0.142. The number of esters is 1. The van der Waals surface area contributed by atoms with Crippen molar-refractivity contribution in [2.75, 3.05) is 25.2 Å². The average Bonchev–Trinajstić information content (AvgIpc) is 3.58. The number of aliphatic imine (C=N–C) groups is 1. The highest BCUT2D eigenvalue weighted by Gasteiger charge is 2.35. The zero-order chi connectivity index (χ0) is 36.1. The summed E-state index contributed by atoms with van der Waals surface area (Å²) in [6.45, 7) is 8.32. The fraction of sp³-hybridized carbons (Fsp3) is 0.421. The second-order valence-corrected chi connectivity index (χ2v) is 16.3. The number of aromatic amines is 1. The molecule has 2 atom stereocenters. The Morgan fingerprint density at radius 1 is 1.16 bits per heavy atom. The van der Waals surface area contributed by atoms with Crippen molar-refractivity contribution in [2.24, 2.45) is 10.4 Å². The number of pyridine rings is 1. The van der Waals surface area contributed by atoms with E-state index in [1.54, 1.807) is 44.6 Å². The van der Waals surface area contributed by atoms with Gasteiger partial charge in [-0.2, -0.15) is 0 Å². The van der Waals surface area contributed by atoms with Crippen LogP contribution >= 0.6 is 11.8 Å². The summed E-state index contributed by atoms with van der Waals surface area (Å²) in [7, 11) is 1.71. The van der Waals surface area contributed by atoms with Gasteiger partial charge in [0.1, 0.15) is 23.0 Å². The van der Waals surface area contributed by atoms with Gasteiger partial charge in [0.15, 0.2) is 17.5 Å². The third-order valence-electron chi connectivity index (χ3n) is 9.28. The molecule has 1 aliphatic heterocycles. The van der Waals surface area contributed by atoms with E-state index >= 15 is 8.78 Å². The summed E-state index contributed by atoms with van der Waals surface area (Å²) in [6, 6.07) is 13.1. The Balaban J connectivity index is 1.58. The SMILES string of the molecule is CCOC(=O)CCc1cccc([C@@]2(C)CCCC(C)(C)C[S+]([O-])CCc3c(c(F)c(F)c4[nH]ccc34)Sc3ccnc(c3)/C(NC)=N/C2=N)c1. The second kappa shape index (κ2) is 16.1. The summed E-state index contributed by atoms with van der Waals surface area (Å²) in [6.07, 6.45) is 6.36. The molecule has 2 aromatic carbocycles. The maximum atomic E-state index is 15.8. The van der Waals surface area contributed by atoms with E-state index in [-0.39, 0.29) is 34.1 Å². The maximum Gasteiger partial charge on any atom is 0.306 e. The molecule has 0 aliphatic carbocycles. The number of aromatic nitrogens is 2. The van der Waals surface area contributed by atoms with Gasteiger partial charge in [0.05, 0.1) is 22.4 Å². The lowest BCUT2D eigenvalue weighted by Crippen LogP contribution is -2.34. The van der Waals surface area contributed by atoms with Crippen LogP contribution in [0.3, 0.4) is 0 Å². The van der Waals surface area contributed by atoms with Gasteiger partial charge in [-0.3, -0.25) is 15.2 Å². The fourth-order valence-corrected chi connectivity index (χ4v) is 9.13. The molecular formula is C38H45F2N5O3S2. The molecule has 0 spiro atoms. The molecule has 0 fully saturated rings. The summed E-state index contributed by atoms with van der Waals surface area (Å²) in [5, 5.41) is 13.1. The number of nitrogens with zero attached hydrogens (tertiary/aromatic N) is 2. The topological polar surface area (TPSA) is 126 Å². The van der Waals surface area contributed by atoms with Crippen molar-refractivity contribution in [3.8, 4) is 0 Å². The third-order valence-corrected chi connectivity index (χ3v) is 12.2. The minimum Gasteiger partial charge on any atom is -0.616 e. The molecule has 12 heteroatoms. The van der Waals surface area contributed by atoms with Crippen molar-refractivity contribution in [3.63, 3.8) is 0 Å². The average molecular weight is 722 g/mol. The maximum absolute atomic E-state index is 15.8. The number of aryl methyl sites for hydroxylation is 2. The van der Waals surface area contributed by atoms with Crippen molar-refractivity contribution in [1.29, 1.82) is 5.41 Å². The largest absolute Gasteiger partial charge is 0.616 e. The Kier molecular flexibility index (Phi) is 12.1. The Hall–Kier alpha value is -3.74. The molecule has 0 amide bonds. The van der Waals surface area contributed by atoms with Crippen LogP contribution in [0.1, 0.15) is 75.8 Å². The van der Waals surface area contributed by atoms with Gasteiger partial charge in [-0.05, 0) is 68.0 Å². The number of H-pyrrole nitrogens is 1. The normalized spacial score (nSPS) is 21.4. The number of hydrogen-bond donors (Lipinski definition) is 3. The standard InChI is InChI=1S/C38H45F2N5O3S2/c1-6-48-30(46)12-11-24-9-7-10-25(21-24)38(4)17-8-16-37(2,3)23-50(47)20-15-28-27-14-19-44-33(27)31(39)32(40)34(28)49-26-13-18-43-29(22-26)35(42-5)45-36(38)41/h7,9-10,13-14,18-19,21-22,44H,6,8,11-12,15-17,20,23H2,1-5H3,(H2,41,42,45)/t38-,50?/m1/s1. The molecule has 4 aromatic rings. The highest BCUT2D eigenvalue weighted by Crippen LogP contribution is 2.40. The number of ether oxygens (including phenoxy) is 1. The van der Waals surface area contributed by atoms with Crippen molar-refractivity contribution >= 4 is 51.5 Å². The molecule has 1 unspecified atom stereocenters. The van der Waals surface area contributed by atoms with E-state index in [0.29, 0.717) is 64.7 Å². The van der Waals surface area contributed by atoms with E-state index in [1.165, 1.54) is 0 Å². The molecule has 2 aromatic heterocycles. The predicted octanol–water partition coefficient (Wildman–Crippen LogP) is 7.89. The molecule has 1 aliphatic rings. The Morgan fingerprint density at radius 3 is 2.72 bits per heavy atom. The highest BCUT2D eigenvalue weighted by molar-refractivity contribution is 7.99. The summed E-state index contributed by atoms with van der Waals surface area (Å²) in [4.78, 5) is 25.0. The van der Waals surface area contributed by atoms with Crippen molar-refractivity contribution in [2.45, 2.75) is 81.4 Å². The number of carbonyl (C=O) groups excluding carboxylic acids is 1. The molecule has 266 valence electrons. The monoisotopic (exact) mass is 721 g/mol. The van der Waals surface area contributed by atoms with Crippen LogP contribution in [0.5, 0.6) is 0 Å². The molecule has 3 heterocycles. The first-order valence-corrected chi connectivity index (χ1v) is 19.2. The van der Waals surface area contributed by atoms with E-state index in [1.807, 2.05) is 31.2 Å². The molecule has 0 saturated carbocycles. The number of halogens is 2. The van der Waals surface area contributed by atoms with Crippen molar-refractivity contribution in [1.82, 2.24) is 15.3 Å². The highest BCUT2D eigenvalue weighted by atomic mass is 32.2. The summed E-state index contributed by atoms with van der Waals surface area (Å²) in [5.74, 6) is -0.914. The van der Waals surface area contributed by atoms with Gasteiger partial charge in [0.25, 0.3) is 0 Å². The molecule has 3 N–H and O–H groups in total. The van der Waals surface area contributed by atoms with Crippen LogP contribution in [0, 0.1) is 22.5 Å². The Labute approximate surface area is 300 Å². The van der Waals surface area contributed by atoms with Gasteiger partial charge < -0.3 is 19.6 Å². The Bertz CT molecular complexity index is 1900. The van der Waals surface area contributed by atoms with Crippen LogP contribution in [0.15, 0.2) is 69.6 Å². The number of nitrogens with one attached hydrogen (secondary N) is 3. The van der Waals surface area contributed by atoms with Crippen molar-refractivity contribution < 1.29 is 22.9 Å². The third kappa shape index (κ3) is 8.58. The van der Waals surface area contributed by atoms with Gasteiger partial charge in [-0.25, -0.2) is 13.8 Å². The first-order valence-electron chi connectivity index (χ1n) is 16.9. The van der Waals surface area contributed by atoms with Gasteiger partial charge in [-0.15, -0.1) is 0 Å². The van der Waals surface area contributed by atoms with Crippen LogP contribution < -0.4 is 5.32 Å².